The maximum Gasteiger partial charge on any atom is 0.162 e. The minimum Gasteiger partial charge on any atom is -0.263 e. The lowest BCUT2D eigenvalue weighted by molar-refractivity contribution is 1.37. The molecule has 0 spiro atoms. The first-order valence-electron chi connectivity index (χ1n) is 3.01. The van der Waals surface area contributed by atoms with Gasteiger partial charge in [0.25, 0.3) is 0 Å². The fourth-order valence-corrected chi connectivity index (χ4v) is 1.57. The summed E-state index contributed by atoms with van der Waals surface area (Å²) in [4.78, 5) is 3.92. The Hall–Kier alpha value is -1.47. The summed E-state index contributed by atoms with van der Waals surface area (Å²) in [5.74, 6) is 0. The molecule has 0 amide bonds. The highest BCUT2D eigenvalue weighted by Crippen LogP contribution is 2.19. The van der Waals surface area contributed by atoms with E-state index in [-0.39, 0.29) is 0 Å². The van der Waals surface area contributed by atoms with E-state index in [9.17, 15) is 0 Å². The molecular formula is C7H3N3S. The van der Waals surface area contributed by atoms with E-state index in [2.05, 4.69) is 9.36 Å². The van der Waals surface area contributed by atoms with E-state index >= 15 is 0 Å². The predicted octanol–water partition coefficient (Wildman–Crippen LogP) is 1.56. The van der Waals surface area contributed by atoms with Gasteiger partial charge in [-0.15, -0.1) is 0 Å². The van der Waals surface area contributed by atoms with Crippen LogP contribution in [-0.2, 0) is 0 Å². The number of rotatable bonds is 0. The van der Waals surface area contributed by atoms with Gasteiger partial charge in [-0.2, -0.15) is 9.64 Å². The van der Waals surface area contributed by atoms with Crippen LogP contribution >= 0.6 is 11.5 Å². The molecule has 0 bridgehead atoms. The molecular weight excluding hydrogens is 158 g/mol. The summed E-state index contributed by atoms with van der Waals surface area (Å²) in [7, 11) is 0. The van der Waals surface area contributed by atoms with E-state index in [1.165, 1.54) is 11.5 Å². The fraction of sp³-hybridized carbons (Fsp3) is 0. The fourth-order valence-electron chi connectivity index (χ4n) is 0.873. The molecule has 2 aromatic heterocycles. The smallest absolute Gasteiger partial charge is 0.162 e. The Morgan fingerprint density at radius 3 is 3.27 bits per heavy atom. The van der Waals surface area contributed by atoms with Crippen molar-refractivity contribution in [3.63, 3.8) is 0 Å². The molecule has 0 aliphatic rings. The second-order valence-corrected chi connectivity index (χ2v) is 2.82. The van der Waals surface area contributed by atoms with E-state index in [1.54, 1.807) is 18.5 Å². The number of hydrogen-bond donors (Lipinski definition) is 0. The van der Waals surface area contributed by atoms with E-state index in [1.807, 2.05) is 6.07 Å². The minimum absolute atomic E-state index is 0.493. The summed E-state index contributed by atoms with van der Waals surface area (Å²) in [6.07, 6.45) is 3.38. The van der Waals surface area contributed by atoms with Crippen LogP contribution < -0.4 is 0 Å². The summed E-state index contributed by atoms with van der Waals surface area (Å²) in [5.41, 5.74) is 0.493. The maximum absolute atomic E-state index is 8.60. The van der Waals surface area contributed by atoms with Gasteiger partial charge in [0.15, 0.2) is 5.69 Å². The van der Waals surface area contributed by atoms with Crippen LogP contribution in [-0.4, -0.2) is 9.36 Å². The zero-order valence-corrected chi connectivity index (χ0v) is 6.30. The van der Waals surface area contributed by atoms with Crippen molar-refractivity contribution in [2.75, 3.05) is 0 Å². The SMILES string of the molecule is N#Cc1nsc2cnccc12. The second kappa shape index (κ2) is 2.29. The monoisotopic (exact) mass is 161 g/mol. The highest BCUT2D eigenvalue weighted by molar-refractivity contribution is 7.13. The van der Waals surface area contributed by atoms with Gasteiger partial charge in [0.05, 0.1) is 4.70 Å². The zero-order valence-electron chi connectivity index (χ0n) is 5.48. The second-order valence-electron chi connectivity index (χ2n) is 2.01. The lowest BCUT2D eigenvalue weighted by Gasteiger charge is -1.82. The van der Waals surface area contributed by atoms with Gasteiger partial charge in [0.1, 0.15) is 6.07 Å². The molecule has 0 saturated carbocycles. The summed E-state index contributed by atoms with van der Waals surface area (Å²) in [6, 6.07) is 3.82. The molecule has 0 unspecified atom stereocenters. The number of pyridine rings is 1. The lowest BCUT2D eigenvalue weighted by atomic mass is 10.3. The van der Waals surface area contributed by atoms with Gasteiger partial charge >= 0.3 is 0 Å². The van der Waals surface area contributed by atoms with Crippen molar-refractivity contribution in [3.8, 4) is 6.07 Å². The Morgan fingerprint density at radius 2 is 2.45 bits per heavy atom. The Bertz CT molecular complexity index is 426. The van der Waals surface area contributed by atoms with Crippen LogP contribution in [0.4, 0.5) is 0 Å². The molecule has 52 valence electrons. The van der Waals surface area contributed by atoms with E-state index in [0.717, 1.165) is 10.1 Å². The van der Waals surface area contributed by atoms with Crippen LogP contribution in [0, 0.1) is 11.3 Å². The van der Waals surface area contributed by atoms with Gasteiger partial charge in [0, 0.05) is 17.8 Å². The first-order valence-corrected chi connectivity index (χ1v) is 3.78. The lowest BCUT2D eigenvalue weighted by Crippen LogP contribution is -1.72. The highest BCUT2D eigenvalue weighted by Gasteiger charge is 2.02. The van der Waals surface area contributed by atoms with Gasteiger partial charge < -0.3 is 0 Å². The Kier molecular flexibility index (Phi) is 1.30. The van der Waals surface area contributed by atoms with Gasteiger partial charge in [-0.1, -0.05) is 0 Å². The Labute approximate surface area is 67.1 Å². The molecule has 2 rings (SSSR count). The van der Waals surface area contributed by atoms with Gasteiger partial charge in [-0.05, 0) is 17.6 Å². The molecule has 3 nitrogen and oxygen atoms in total. The van der Waals surface area contributed by atoms with Crippen LogP contribution in [0.3, 0.4) is 0 Å². The molecule has 0 saturated heterocycles. The molecule has 0 aromatic carbocycles. The Balaban J connectivity index is 2.89. The first kappa shape index (κ1) is 6.25. The first-order chi connectivity index (χ1) is 5.42. The van der Waals surface area contributed by atoms with Crippen molar-refractivity contribution >= 4 is 21.6 Å². The maximum atomic E-state index is 8.60. The van der Waals surface area contributed by atoms with E-state index < -0.39 is 0 Å². The molecule has 0 N–H and O–H groups in total. The third kappa shape index (κ3) is 0.863. The average Bonchev–Trinajstić information content (AvgIpc) is 2.47. The van der Waals surface area contributed by atoms with Crippen molar-refractivity contribution in [1.29, 1.82) is 5.26 Å². The quantitative estimate of drug-likeness (QED) is 0.589. The van der Waals surface area contributed by atoms with Crippen LogP contribution in [0.15, 0.2) is 18.5 Å². The molecule has 0 fully saturated rings. The standard InChI is InChI=1S/C7H3N3S/c8-3-6-5-1-2-9-4-7(5)11-10-6/h1-2,4H. The van der Waals surface area contributed by atoms with Crippen molar-refractivity contribution in [2.24, 2.45) is 0 Å². The molecule has 0 aliphatic carbocycles. The van der Waals surface area contributed by atoms with Gasteiger partial charge in [0.2, 0.25) is 0 Å². The van der Waals surface area contributed by atoms with Crippen LogP contribution in [0.2, 0.25) is 0 Å². The molecule has 4 heteroatoms. The van der Waals surface area contributed by atoms with E-state index in [0.29, 0.717) is 5.69 Å². The molecule has 2 heterocycles. The normalized spacial score (nSPS) is 9.73. The predicted molar refractivity (Wildman–Crippen MR) is 42.1 cm³/mol. The summed E-state index contributed by atoms with van der Waals surface area (Å²) in [6.45, 7) is 0. The van der Waals surface area contributed by atoms with Gasteiger partial charge in [-0.25, -0.2) is 0 Å². The molecule has 0 atom stereocenters. The van der Waals surface area contributed by atoms with Crippen LogP contribution in [0.25, 0.3) is 10.1 Å². The Morgan fingerprint density at radius 1 is 1.55 bits per heavy atom. The number of fused-ring (bicyclic) bond motifs is 1. The van der Waals surface area contributed by atoms with E-state index in [4.69, 9.17) is 5.26 Å². The van der Waals surface area contributed by atoms with Crippen molar-refractivity contribution in [3.05, 3.63) is 24.2 Å². The summed E-state index contributed by atoms with van der Waals surface area (Å²) < 4.78 is 4.92. The summed E-state index contributed by atoms with van der Waals surface area (Å²) in [5, 5.41) is 9.49. The third-order valence-corrected chi connectivity index (χ3v) is 2.18. The third-order valence-electron chi connectivity index (χ3n) is 1.38. The minimum atomic E-state index is 0.493. The molecule has 2 aromatic rings. The molecule has 0 radical (unpaired) electrons. The highest BCUT2D eigenvalue weighted by atomic mass is 32.1. The molecule has 11 heavy (non-hydrogen) atoms. The van der Waals surface area contributed by atoms with Crippen LogP contribution in [0.1, 0.15) is 5.69 Å². The average molecular weight is 161 g/mol. The van der Waals surface area contributed by atoms with Crippen molar-refractivity contribution < 1.29 is 0 Å². The number of hydrogen-bond acceptors (Lipinski definition) is 4. The zero-order chi connectivity index (χ0) is 7.68. The van der Waals surface area contributed by atoms with Crippen LogP contribution in [0.5, 0.6) is 0 Å². The summed E-state index contributed by atoms with van der Waals surface area (Å²) >= 11 is 1.30. The largest absolute Gasteiger partial charge is 0.263 e. The van der Waals surface area contributed by atoms with Crippen molar-refractivity contribution in [2.45, 2.75) is 0 Å². The van der Waals surface area contributed by atoms with Crippen molar-refractivity contribution in [1.82, 2.24) is 9.36 Å². The number of aromatic nitrogens is 2. The topological polar surface area (TPSA) is 49.6 Å². The molecule has 0 aliphatic heterocycles. The van der Waals surface area contributed by atoms with Gasteiger partial charge in [-0.3, -0.25) is 4.98 Å². The number of nitrogens with zero attached hydrogens (tertiary/aromatic N) is 3. The number of nitriles is 1.